The summed E-state index contributed by atoms with van der Waals surface area (Å²) in [5.74, 6) is 0.208. The van der Waals surface area contributed by atoms with E-state index in [4.69, 9.17) is 18.9 Å². The van der Waals surface area contributed by atoms with E-state index in [0.29, 0.717) is 43.2 Å². The van der Waals surface area contributed by atoms with Crippen LogP contribution in [-0.2, 0) is 32.0 Å². The highest BCUT2D eigenvalue weighted by Gasteiger charge is 2.44. The van der Waals surface area contributed by atoms with Gasteiger partial charge in [-0.15, -0.1) is 11.3 Å². The van der Waals surface area contributed by atoms with Crippen LogP contribution in [0, 0.1) is 0 Å². The number of thiophene rings is 1. The van der Waals surface area contributed by atoms with Crippen molar-refractivity contribution in [2.24, 2.45) is 0 Å². The molecule has 4 atom stereocenters. The zero-order valence-electron chi connectivity index (χ0n) is 26.5. The molecular weight excluding hydrogens is 596 g/mol. The Balaban J connectivity index is 1.46. The lowest BCUT2D eigenvalue weighted by Gasteiger charge is -2.35. The molecule has 11 heteroatoms. The van der Waals surface area contributed by atoms with E-state index in [-0.39, 0.29) is 19.1 Å². The van der Waals surface area contributed by atoms with Crippen molar-refractivity contribution in [2.75, 3.05) is 33.5 Å². The molecule has 4 heterocycles. The number of fused-ring (bicyclic) bond motifs is 5. The Hall–Kier alpha value is -3.12. The monoisotopic (exact) mass is 642 g/mol. The summed E-state index contributed by atoms with van der Waals surface area (Å²) in [6.45, 7) is 6.19. The van der Waals surface area contributed by atoms with E-state index >= 15 is 0 Å². The number of ether oxygens (including phenoxy) is 4. The second-order valence-corrected chi connectivity index (χ2v) is 14.0. The highest BCUT2D eigenvalue weighted by atomic mass is 32.1. The van der Waals surface area contributed by atoms with Crippen molar-refractivity contribution in [1.82, 2.24) is 10.2 Å². The zero-order chi connectivity index (χ0) is 32.0. The van der Waals surface area contributed by atoms with Gasteiger partial charge >= 0.3 is 5.97 Å². The summed E-state index contributed by atoms with van der Waals surface area (Å²) in [6, 6.07) is 7.82. The Bertz CT molecular complexity index is 1350. The number of nitrogens with zero attached hydrogens (tertiary/aromatic N) is 1. The van der Waals surface area contributed by atoms with Gasteiger partial charge in [0.2, 0.25) is 12.7 Å². The molecule has 45 heavy (non-hydrogen) atoms. The smallest absolute Gasteiger partial charge is 0.339 e. The quantitative estimate of drug-likeness (QED) is 0.305. The van der Waals surface area contributed by atoms with Gasteiger partial charge in [-0.25, -0.2) is 4.79 Å². The number of amides is 1. The first kappa shape index (κ1) is 33.2. The summed E-state index contributed by atoms with van der Waals surface area (Å²) in [7, 11) is 1.57. The maximum absolute atomic E-state index is 14.2. The SMILES string of the molecule is CO/C1=C/CCCCN2CCc3cc4c(cc3[C@@H](C2)[C@@H]1OC(=O)[C@@](O)(CCCC(C)(C)O)CC(=O)NCc1cccs1)OCO4. The zero-order valence-corrected chi connectivity index (χ0v) is 27.3. The molecular formula is C34H46N2O8S. The maximum atomic E-state index is 14.2. The Kier molecular flexibility index (Phi) is 10.7. The van der Waals surface area contributed by atoms with Gasteiger partial charge in [-0.3, -0.25) is 4.79 Å². The fourth-order valence-corrected chi connectivity index (χ4v) is 7.02. The molecule has 0 fully saturated rings. The van der Waals surface area contributed by atoms with Gasteiger partial charge in [-0.2, -0.15) is 0 Å². The molecule has 3 aliphatic heterocycles. The molecule has 0 saturated heterocycles. The molecule has 2 bridgehead atoms. The number of hydrogen-bond acceptors (Lipinski definition) is 10. The van der Waals surface area contributed by atoms with E-state index in [1.54, 1.807) is 21.0 Å². The van der Waals surface area contributed by atoms with Crippen LogP contribution in [0.25, 0.3) is 0 Å². The lowest BCUT2D eigenvalue weighted by molar-refractivity contribution is -0.176. The molecule has 0 spiro atoms. The lowest BCUT2D eigenvalue weighted by atomic mass is 9.86. The summed E-state index contributed by atoms with van der Waals surface area (Å²) >= 11 is 1.51. The Labute approximate surface area is 269 Å². The molecule has 1 unspecified atom stereocenters. The van der Waals surface area contributed by atoms with Crippen LogP contribution in [0.15, 0.2) is 41.5 Å². The first-order valence-electron chi connectivity index (χ1n) is 15.9. The molecule has 0 aliphatic carbocycles. The highest BCUT2D eigenvalue weighted by molar-refractivity contribution is 7.09. The van der Waals surface area contributed by atoms with Crippen molar-refractivity contribution in [3.63, 3.8) is 0 Å². The average Bonchev–Trinajstić information content (AvgIpc) is 3.65. The van der Waals surface area contributed by atoms with Crippen molar-refractivity contribution in [3.05, 3.63) is 57.5 Å². The molecule has 5 rings (SSSR count). The van der Waals surface area contributed by atoms with Crippen LogP contribution in [0.4, 0.5) is 0 Å². The lowest BCUT2D eigenvalue weighted by Crippen LogP contribution is -2.47. The van der Waals surface area contributed by atoms with Gasteiger partial charge in [0.1, 0.15) is 5.76 Å². The number of methoxy groups -OCH3 is 1. The third-order valence-electron chi connectivity index (χ3n) is 8.83. The number of rotatable bonds is 11. The second kappa shape index (κ2) is 14.5. The summed E-state index contributed by atoms with van der Waals surface area (Å²) < 4.78 is 23.6. The minimum absolute atomic E-state index is 0.0486. The number of carbonyl (C=O) groups is 2. The van der Waals surface area contributed by atoms with Gasteiger partial charge in [0.25, 0.3) is 0 Å². The van der Waals surface area contributed by atoms with Crippen molar-refractivity contribution in [1.29, 1.82) is 0 Å². The van der Waals surface area contributed by atoms with Gasteiger partial charge in [-0.1, -0.05) is 6.07 Å². The fraction of sp³-hybridized carbons (Fsp3) is 0.588. The van der Waals surface area contributed by atoms with Gasteiger partial charge in [0.15, 0.2) is 23.2 Å². The van der Waals surface area contributed by atoms with Gasteiger partial charge in [0, 0.05) is 23.9 Å². The Morgan fingerprint density at radius 1 is 1.13 bits per heavy atom. The third-order valence-corrected chi connectivity index (χ3v) is 9.70. The minimum atomic E-state index is -2.11. The topological polar surface area (TPSA) is 127 Å². The number of benzene rings is 1. The van der Waals surface area contributed by atoms with E-state index in [9.17, 15) is 19.8 Å². The first-order valence-corrected chi connectivity index (χ1v) is 16.8. The van der Waals surface area contributed by atoms with Crippen molar-refractivity contribution in [3.8, 4) is 11.5 Å². The average molecular weight is 643 g/mol. The number of esters is 1. The molecule has 3 aliphatic rings. The van der Waals surface area contributed by atoms with Crippen LogP contribution >= 0.6 is 11.3 Å². The minimum Gasteiger partial charge on any atom is -0.497 e. The third kappa shape index (κ3) is 8.58. The van der Waals surface area contributed by atoms with Crippen LogP contribution in [0.2, 0.25) is 0 Å². The summed E-state index contributed by atoms with van der Waals surface area (Å²) in [6.07, 6.45) is 4.82. The van der Waals surface area contributed by atoms with Gasteiger partial charge in [-0.05, 0) is 106 Å². The maximum Gasteiger partial charge on any atom is 0.339 e. The number of nitrogens with one attached hydrogen (secondary N) is 1. The van der Waals surface area contributed by atoms with E-state index in [2.05, 4.69) is 10.2 Å². The largest absolute Gasteiger partial charge is 0.497 e. The summed E-state index contributed by atoms with van der Waals surface area (Å²) in [5.41, 5.74) is -1.02. The van der Waals surface area contributed by atoms with Crippen LogP contribution in [-0.4, -0.2) is 77.8 Å². The molecule has 1 aromatic heterocycles. The van der Waals surface area contributed by atoms with Gasteiger partial charge in [0.05, 0.1) is 25.7 Å². The predicted molar refractivity (Wildman–Crippen MR) is 170 cm³/mol. The normalized spacial score (nSPS) is 23.8. The fourth-order valence-electron chi connectivity index (χ4n) is 6.38. The van der Waals surface area contributed by atoms with Crippen molar-refractivity contribution >= 4 is 23.2 Å². The van der Waals surface area contributed by atoms with Crippen LogP contribution in [0.1, 0.15) is 80.7 Å². The molecule has 0 saturated carbocycles. The number of allylic oxidation sites excluding steroid dienone is 1. The predicted octanol–water partition coefficient (Wildman–Crippen LogP) is 4.42. The molecule has 246 valence electrons. The van der Waals surface area contributed by atoms with Crippen molar-refractivity contribution in [2.45, 2.75) is 95.0 Å². The molecule has 1 amide bonds. The van der Waals surface area contributed by atoms with E-state index in [1.165, 1.54) is 11.3 Å². The number of hydrogen-bond donors (Lipinski definition) is 3. The first-order chi connectivity index (χ1) is 21.5. The van der Waals surface area contributed by atoms with E-state index < -0.39 is 35.6 Å². The van der Waals surface area contributed by atoms with Crippen molar-refractivity contribution < 1.29 is 38.7 Å². The molecule has 10 nitrogen and oxygen atoms in total. The van der Waals surface area contributed by atoms with E-state index in [1.807, 2.05) is 35.7 Å². The second-order valence-electron chi connectivity index (χ2n) is 12.9. The van der Waals surface area contributed by atoms with Crippen LogP contribution < -0.4 is 14.8 Å². The number of carbonyl (C=O) groups excluding carboxylic acids is 2. The van der Waals surface area contributed by atoms with Crippen LogP contribution in [0.5, 0.6) is 11.5 Å². The number of aliphatic hydroxyl groups is 2. The summed E-state index contributed by atoms with van der Waals surface area (Å²) in [4.78, 5) is 30.6. The standard InChI is InChI=1S/C34H46N2O8S/c1-33(2,39)12-8-13-34(40,19-30(37)35-20-24-9-7-16-45-24)32(38)44-31-26-21-36(14-6-4-5-10-27(31)41-3)15-11-23-17-28-29(18-25(23)26)43-22-42-28/h7,9-10,16-18,26,31,39-40H,4-6,8,11-15,19-22H2,1-3H3,(H,35,37)/b27-10+/t26-,31+,34-/m1/s1. The Morgan fingerprint density at radius 2 is 1.93 bits per heavy atom. The van der Waals surface area contributed by atoms with Gasteiger partial charge < -0.3 is 39.4 Å². The highest BCUT2D eigenvalue weighted by Crippen LogP contribution is 2.42. The van der Waals surface area contributed by atoms with Crippen LogP contribution in [0.3, 0.4) is 0 Å². The Morgan fingerprint density at radius 3 is 2.67 bits per heavy atom. The molecule has 1 aromatic carbocycles. The summed E-state index contributed by atoms with van der Waals surface area (Å²) in [5, 5.41) is 27.0. The molecule has 2 aromatic rings. The van der Waals surface area contributed by atoms with E-state index in [0.717, 1.165) is 54.8 Å². The molecule has 3 N–H and O–H groups in total. The molecule has 0 radical (unpaired) electrons.